The van der Waals surface area contributed by atoms with Gasteiger partial charge in [-0.2, -0.15) is 0 Å². The lowest BCUT2D eigenvalue weighted by atomic mass is 9.73. The molecule has 1 N–H and O–H groups in total. The lowest BCUT2D eigenvalue weighted by Crippen LogP contribution is -2.32. The lowest BCUT2D eigenvalue weighted by Gasteiger charge is -2.35. The molecule has 0 bridgehead atoms. The van der Waals surface area contributed by atoms with Crippen LogP contribution in [-0.2, 0) is 6.42 Å². The van der Waals surface area contributed by atoms with Gasteiger partial charge in [-0.3, -0.25) is 0 Å². The van der Waals surface area contributed by atoms with Gasteiger partial charge >= 0.3 is 0 Å². The third kappa shape index (κ3) is 3.54. The number of aliphatic hydroxyl groups is 1. The molecule has 2 nitrogen and oxygen atoms in total. The number of aliphatic hydroxyl groups excluding tert-OH is 1. The standard InChI is InChI=1S/C18H28O2/c1-12(2)14-6-7-17(19)15(10-14)11-16-9-13(3)5-8-18(16)20-4/h5,8-9,12,14-15,17,19H,6-7,10-11H2,1-4H3. The summed E-state index contributed by atoms with van der Waals surface area (Å²) in [5.41, 5.74) is 2.49. The third-order valence-corrected chi connectivity index (χ3v) is 4.84. The molecule has 2 rings (SSSR count). The topological polar surface area (TPSA) is 29.5 Å². The average molecular weight is 276 g/mol. The SMILES string of the molecule is COc1ccc(C)cc1CC1CC(C(C)C)CCC1O. The van der Waals surface area contributed by atoms with Crippen molar-refractivity contribution in [1.29, 1.82) is 0 Å². The molecule has 3 atom stereocenters. The molecule has 112 valence electrons. The van der Waals surface area contributed by atoms with Crippen molar-refractivity contribution in [3.8, 4) is 5.75 Å². The van der Waals surface area contributed by atoms with Gasteiger partial charge in [0.2, 0.25) is 0 Å². The molecule has 1 aromatic carbocycles. The number of methoxy groups -OCH3 is 1. The second-order valence-corrected chi connectivity index (χ2v) is 6.66. The second-order valence-electron chi connectivity index (χ2n) is 6.66. The fourth-order valence-corrected chi connectivity index (χ4v) is 3.46. The van der Waals surface area contributed by atoms with Gasteiger partial charge in [-0.15, -0.1) is 0 Å². The van der Waals surface area contributed by atoms with Crippen LogP contribution in [0.5, 0.6) is 5.75 Å². The van der Waals surface area contributed by atoms with Crippen molar-refractivity contribution in [1.82, 2.24) is 0 Å². The minimum Gasteiger partial charge on any atom is -0.496 e. The van der Waals surface area contributed by atoms with E-state index in [0.717, 1.165) is 30.9 Å². The van der Waals surface area contributed by atoms with Crippen LogP contribution in [0.1, 0.15) is 44.2 Å². The largest absolute Gasteiger partial charge is 0.496 e. The van der Waals surface area contributed by atoms with Crippen LogP contribution < -0.4 is 4.74 Å². The first kappa shape index (κ1) is 15.4. The highest BCUT2D eigenvalue weighted by atomic mass is 16.5. The highest BCUT2D eigenvalue weighted by Gasteiger charge is 2.31. The molecular formula is C18H28O2. The van der Waals surface area contributed by atoms with E-state index in [1.165, 1.54) is 17.5 Å². The van der Waals surface area contributed by atoms with E-state index in [9.17, 15) is 5.11 Å². The van der Waals surface area contributed by atoms with E-state index >= 15 is 0 Å². The first-order valence-corrected chi connectivity index (χ1v) is 7.82. The van der Waals surface area contributed by atoms with Gasteiger partial charge in [0.1, 0.15) is 5.75 Å². The van der Waals surface area contributed by atoms with Crippen molar-refractivity contribution in [3.05, 3.63) is 29.3 Å². The summed E-state index contributed by atoms with van der Waals surface area (Å²) in [7, 11) is 1.72. The van der Waals surface area contributed by atoms with E-state index < -0.39 is 0 Å². The summed E-state index contributed by atoms with van der Waals surface area (Å²) < 4.78 is 5.47. The summed E-state index contributed by atoms with van der Waals surface area (Å²) in [4.78, 5) is 0. The summed E-state index contributed by atoms with van der Waals surface area (Å²) in [6.45, 7) is 6.70. The van der Waals surface area contributed by atoms with Crippen molar-refractivity contribution >= 4 is 0 Å². The van der Waals surface area contributed by atoms with E-state index in [-0.39, 0.29) is 6.10 Å². The Balaban J connectivity index is 2.13. The molecule has 3 unspecified atom stereocenters. The van der Waals surface area contributed by atoms with E-state index in [1.54, 1.807) is 7.11 Å². The molecule has 0 radical (unpaired) electrons. The average Bonchev–Trinajstić information content (AvgIpc) is 2.41. The first-order valence-electron chi connectivity index (χ1n) is 7.82. The Labute approximate surface area is 123 Å². The molecule has 0 aliphatic heterocycles. The number of rotatable bonds is 4. The highest BCUT2D eigenvalue weighted by molar-refractivity contribution is 5.37. The molecule has 1 aliphatic rings. The fourth-order valence-electron chi connectivity index (χ4n) is 3.46. The Bertz CT molecular complexity index is 439. The monoisotopic (exact) mass is 276 g/mol. The zero-order chi connectivity index (χ0) is 14.7. The van der Waals surface area contributed by atoms with Gasteiger partial charge in [0, 0.05) is 0 Å². The van der Waals surface area contributed by atoms with E-state index in [4.69, 9.17) is 4.74 Å². The maximum absolute atomic E-state index is 10.3. The van der Waals surface area contributed by atoms with Crippen LogP contribution in [0.3, 0.4) is 0 Å². The smallest absolute Gasteiger partial charge is 0.122 e. The minimum atomic E-state index is -0.157. The Morgan fingerprint density at radius 3 is 2.70 bits per heavy atom. The van der Waals surface area contributed by atoms with Gasteiger partial charge in [0.15, 0.2) is 0 Å². The van der Waals surface area contributed by atoms with Crippen LogP contribution in [0.15, 0.2) is 18.2 Å². The van der Waals surface area contributed by atoms with Gasteiger partial charge in [-0.25, -0.2) is 0 Å². The van der Waals surface area contributed by atoms with Crippen LogP contribution in [0.4, 0.5) is 0 Å². The third-order valence-electron chi connectivity index (χ3n) is 4.84. The Morgan fingerprint density at radius 1 is 1.30 bits per heavy atom. The summed E-state index contributed by atoms with van der Waals surface area (Å²) in [6.07, 6.45) is 4.02. The predicted molar refractivity (Wildman–Crippen MR) is 83.1 cm³/mol. The molecule has 1 fully saturated rings. The van der Waals surface area contributed by atoms with Crippen LogP contribution in [0.25, 0.3) is 0 Å². The predicted octanol–water partition coefficient (Wildman–Crippen LogP) is 3.98. The van der Waals surface area contributed by atoms with Crippen molar-refractivity contribution in [2.75, 3.05) is 7.11 Å². The van der Waals surface area contributed by atoms with E-state index in [0.29, 0.717) is 11.8 Å². The van der Waals surface area contributed by atoms with Crippen molar-refractivity contribution in [2.45, 2.75) is 52.6 Å². The lowest BCUT2D eigenvalue weighted by molar-refractivity contribution is 0.0376. The number of hydrogen-bond acceptors (Lipinski definition) is 2. The summed E-state index contributed by atoms with van der Waals surface area (Å²) in [5, 5.41) is 10.3. The van der Waals surface area contributed by atoms with E-state index in [1.807, 2.05) is 6.07 Å². The van der Waals surface area contributed by atoms with Crippen LogP contribution in [0, 0.1) is 24.7 Å². The van der Waals surface area contributed by atoms with Gasteiger partial charge in [-0.05, 0) is 62.0 Å². The normalized spacial score (nSPS) is 26.8. The molecule has 2 heteroatoms. The van der Waals surface area contributed by atoms with E-state index in [2.05, 4.69) is 32.9 Å². The van der Waals surface area contributed by atoms with Crippen LogP contribution >= 0.6 is 0 Å². The molecule has 20 heavy (non-hydrogen) atoms. The Morgan fingerprint density at radius 2 is 2.05 bits per heavy atom. The van der Waals surface area contributed by atoms with Crippen molar-refractivity contribution in [2.24, 2.45) is 17.8 Å². The van der Waals surface area contributed by atoms with Crippen LogP contribution in [0.2, 0.25) is 0 Å². The molecule has 0 amide bonds. The molecule has 0 spiro atoms. The molecule has 1 saturated carbocycles. The number of aryl methyl sites for hydroxylation is 1. The zero-order valence-electron chi connectivity index (χ0n) is 13.2. The van der Waals surface area contributed by atoms with Crippen molar-refractivity contribution < 1.29 is 9.84 Å². The second kappa shape index (κ2) is 6.62. The van der Waals surface area contributed by atoms with Crippen LogP contribution in [-0.4, -0.2) is 18.3 Å². The summed E-state index contributed by atoms with van der Waals surface area (Å²) >= 11 is 0. The molecule has 1 aliphatic carbocycles. The maximum atomic E-state index is 10.3. The number of hydrogen-bond donors (Lipinski definition) is 1. The van der Waals surface area contributed by atoms with Gasteiger partial charge in [-0.1, -0.05) is 31.5 Å². The quantitative estimate of drug-likeness (QED) is 0.901. The maximum Gasteiger partial charge on any atom is 0.122 e. The fraction of sp³-hybridized carbons (Fsp3) is 0.667. The molecular weight excluding hydrogens is 248 g/mol. The van der Waals surface area contributed by atoms with Gasteiger partial charge in [0.05, 0.1) is 13.2 Å². The number of benzene rings is 1. The Kier molecular flexibility index (Phi) is 5.09. The summed E-state index contributed by atoms with van der Waals surface area (Å²) in [6, 6.07) is 6.32. The van der Waals surface area contributed by atoms with Gasteiger partial charge < -0.3 is 9.84 Å². The Hall–Kier alpha value is -1.02. The minimum absolute atomic E-state index is 0.157. The van der Waals surface area contributed by atoms with Crippen molar-refractivity contribution in [3.63, 3.8) is 0 Å². The highest BCUT2D eigenvalue weighted by Crippen LogP contribution is 2.37. The van der Waals surface area contributed by atoms with Gasteiger partial charge in [0.25, 0.3) is 0 Å². The number of ether oxygens (including phenoxy) is 1. The first-order chi connectivity index (χ1) is 9.51. The molecule has 0 aromatic heterocycles. The molecule has 0 heterocycles. The molecule has 1 aromatic rings. The summed E-state index contributed by atoms with van der Waals surface area (Å²) in [5.74, 6) is 2.78. The molecule has 0 saturated heterocycles. The zero-order valence-corrected chi connectivity index (χ0v) is 13.2.